The van der Waals surface area contributed by atoms with Gasteiger partial charge in [-0.2, -0.15) is 0 Å². The fraction of sp³-hybridized carbons (Fsp3) is 0.467. The lowest BCUT2D eigenvalue weighted by atomic mass is 9.97. The van der Waals surface area contributed by atoms with Crippen LogP contribution in [-0.2, 0) is 6.42 Å². The molecule has 0 aliphatic heterocycles. The van der Waals surface area contributed by atoms with Crippen molar-refractivity contribution >= 4 is 0 Å². The Morgan fingerprint density at radius 1 is 1.28 bits per heavy atom. The molecule has 1 atom stereocenters. The van der Waals surface area contributed by atoms with E-state index < -0.39 is 11.6 Å². The van der Waals surface area contributed by atoms with Crippen molar-refractivity contribution in [3.63, 3.8) is 0 Å². The van der Waals surface area contributed by atoms with Gasteiger partial charge in [0.05, 0.1) is 0 Å². The molecule has 1 aliphatic carbocycles. The van der Waals surface area contributed by atoms with Crippen LogP contribution in [0.15, 0.2) is 29.8 Å². The predicted octanol–water partition coefficient (Wildman–Crippen LogP) is 3.60. The van der Waals surface area contributed by atoms with Crippen LogP contribution in [0.4, 0.5) is 8.78 Å². The zero-order valence-electron chi connectivity index (χ0n) is 10.7. The third kappa shape index (κ3) is 2.96. The maximum Gasteiger partial charge on any atom is 0.129 e. The molecule has 0 bridgehead atoms. The Morgan fingerprint density at radius 3 is 2.56 bits per heavy atom. The minimum absolute atomic E-state index is 0.0592. The molecule has 18 heavy (non-hydrogen) atoms. The summed E-state index contributed by atoms with van der Waals surface area (Å²) in [4.78, 5) is 0. The third-order valence-electron chi connectivity index (χ3n) is 3.44. The van der Waals surface area contributed by atoms with E-state index in [1.165, 1.54) is 23.8 Å². The summed E-state index contributed by atoms with van der Waals surface area (Å²) in [7, 11) is 0. The molecule has 1 aromatic carbocycles. The summed E-state index contributed by atoms with van der Waals surface area (Å²) in [5, 5.41) is 3.33. The Hall–Kier alpha value is -1.22. The monoisotopic (exact) mass is 251 g/mol. The van der Waals surface area contributed by atoms with Crippen molar-refractivity contribution in [2.45, 2.75) is 38.6 Å². The maximum atomic E-state index is 13.7. The van der Waals surface area contributed by atoms with E-state index in [0.29, 0.717) is 6.42 Å². The van der Waals surface area contributed by atoms with Gasteiger partial charge in [0.25, 0.3) is 0 Å². The van der Waals surface area contributed by atoms with Gasteiger partial charge in [0.1, 0.15) is 11.6 Å². The molecule has 2 rings (SSSR count). The average molecular weight is 251 g/mol. The first kappa shape index (κ1) is 13.2. The van der Waals surface area contributed by atoms with Crippen LogP contribution in [0.5, 0.6) is 0 Å². The molecule has 1 nitrogen and oxygen atoms in total. The summed E-state index contributed by atoms with van der Waals surface area (Å²) in [6, 6.07) is 4.11. The zero-order valence-corrected chi connectivity index (χ0v) is 10.7. The van der Waals surface area contributed by atoms with Crippen molar-refractivity contribution in [1.82, 2.24) is 5.32 Å². The lowest BCUT2D eigenvalue weighted by Crippen LogP contribution is -2.33. The Labute approximate surface area is 107 Å². The number of nitrogens with one attached hydrogen (secondary N) is 1. The largest absolute Gasteiger partial charge is 0.310 e. The second-order valence-corrected chi connectivity index (χ2v) is 4.69. The number of rotatable bonds is 5. The summed E-state index contributed by atoms with van der Waals surface area (Å²) in [6.45, 7) is 2.82. The molecule has 1 unspecified atom stereocenters. The van der Waals surface area contributed by atoms with Gasteiger partial charge < -0.3 is 5.32 Å². The molecule has 0 fully saturated rings. The molecule has 0 aromatic heterocycles. The first-order valence-corrected chi connectivity index (χ1v) is 6.57. The van der Waals surface area contributed by atoms with E-state index in [2.05, 4.69) is 11.4 Å². The van der Waals surface area contributed by atoms with Crippen molar-refractivity contribution in [2.24, 2.45) is 0 Å². The summed E-state index contributed by atoms with van der Waals surface area (Å²) < 4.78 is 27.3. The predicted molar refractivity (Wildman–Crippen MR) is 69.5 cm³/mol. The Balaban J connectivity index is 2.18. The van der Waals surface area contributed by atoms with Gasteiger partial charge in [0.15, 0.2) is 0 Å². The third-order valence-corrected chi connectivity index (χ3v) is 3.44. The fourth-order valence-electron chi connectivity index (χ4n) is 2.52. The van der Waals surface area contributed by atoms with Crippen molar-refractivity contribution < 1.29 is 8.78 Å². The molecule has 0 heterocycles. The highest BCUT2D eigenvalue weighted by molar-refractivity contribution is 5.25. The summed E-state index contributed by atoms with van der Waals surface area (Å²) in [6.07, 6.45) is 5.85. The highest BCUT2D eigenvalue weighted by Gasteiger charge is 2.20. The standard InChI is InChI=1S/C15H19F2N/c1-2-18-15(11-6-3-4-7-11)10-12-13(16)8-5-9-14(12)17/h5-6,8-9,15,18H,2-4,7,10H2,1H3. The topological polar surface area (TPSA) is 12.0 Å². The van der Waals surface area contributed by atoms with Gasteiger partial charge in [0.2, 0.25) is 0 Å². The van der Waals surface area contributed by atoms with Crippen molar-refractivity contribution in [3.8, 4) is 0 Å². The van der Waals surface area contributed by atoms with E-state index in [0.717, 1.165) is 25.8 Å². The number of hydrogen-bond acceptors (Lipinski definition) is 1. The zero-order chi connectivity index (χ0) is 13.0. The van der Waals surface area contributed by atoms with Crippen molar-refractivity contribution in [1.29, 1.82) is 0 Å². The van der Waals surface area contributed by atoms with Gasteiger partial charge in [-0.1, -0.05) is 24.6 Å². The minimum atomic E-state index is -0.448. The lowest BCUT2D eigenvalue weighted by Gasteiger charge is -2.20. The quantitative estimate of drug-likeness (QED) is 0.788. The molecule has 0 saturated carbocycles. The summed E-state index contributed by atoms with van der Waals surface area (Å²) in [5.41, 5.74) is 1.48. The van der Waals surface area contributed by atoms with Gasteiger partial charge in [-0.25, -0.2) is 8.78 Å². The molecule has 3 heteroatoms. The van der Waals surface area contributed by atoms with Gasteiger partial charge >= 0.3 is 0 Å². The van der Waals surface area contributed by atoms with Crippen LogP contribution >= 0.6 is 0 Å². The Kier molecular flexibility index (Phi) is 4.48. The van der Waals surface area contributed by atoms with Crippen LogP contribution in [-0.4, -0.2) is 12.6 Å². The molecular weight excluding hydrogens is 232 g/mol. The molecule has 0 radical (unpaired) electrons. The number of likely N-dealkylation sites (N-methyl/N-ethyl adjacent to an activating group) is 1. The van der Waals surface area contributed by atoms with Crippen LogP contribution in [0.1, 0.15) is 31.7 Å². The first-order chi connectivity index (χ1) is 8.72. The summed E-state index contributed by atoms with van der Waals surface area (Å²) >= 11 is 0. The fourth-order valence-corrected chi connectivity index (χ4v) is 2.52. The van der Waals surface area contributed by atoms with Crippen LogP contribution in [0.3, 0.4) is 0 Å². The number of halogens is 2. The molecule has 0 amide bonds. The molecule has 0 spiro atoms. The van der Waals surface area contributed by atoms with E-state index in [-0.39, 0.29) is 11.6 Å². The Bertz CT molecular complexity index is 420. The van der Waals surface area contributed by atoms with E-state index in [4.69, 9.17) is 0 Å². The number of hydrogen-bond donors (Lipinski definition) is 1. The Morgan fingerprint density at radius 2 is 2.00 bits per heavy atom. The number of benzene rings is 1. The van der Waals surface area contributed by atoms with Crippen molar-refractivity contribution in [2.75, 3.05) is 6.54 Å². The van der Waals surface area contributed by atoms with Gasteiger partial charge in [0, 0.05) is 11.6 Å². The average Bonchev–Trinajstić information content (AvgIpc) is 2.86. The maximum absolute atomic E-state index is 13.7. The van der Waals surface area contributed by atoms with Crippen LogP contribution < -0.4 is 5.32 Å². The molecule has 1 aromatic rings. The molecule has 98 valence electrons. The van der Waals surface area contributed by atoms with Crippen molar-refractivity contribution in [3.05, 3.63) is 47.0 Å². The minimum Gasteiger partial charge on any atom is -0.310 e. The van der Waals surface area contributed by atoms with E-state index in [1.54, 1.807) is 0 Å². The number of allylic oxidation sites excluding steroid dienone is 1. The van der Waals surface area contributed by atoms with Crippen LogP contribution in [0, 0.1) is 11.6 Å². The highest BCUT2D eigenvalue weighted by Crippen LogP contribution is 2.24. The van der Waals surface area contributed by atoms with Gasteiger partial charge in [-0.05, 0) is 44.4 Å². The first-order valence-electron chi connectivity index (χ1n) is 6.57. The molecule has 0 saturated heterocycles. The van der Waals surface area contributed by atoms with Crippen LogP contribution in [0.2, 0.25) is 0 Å². The second kappa shape index (κ2) is 6.10. The van der Waals surface area contributed by atoms with E-state index in [9.17, 15) is 8.78 Å². The molecular formula is C15H19F2N. The SMILES string of the molecule is CCNC(Cc1c(F)cccc1F)C1=CCCC1. The molecule has 1 N–H and O–H groups in total. The smallest absolute Gasteiger partial charge is 0.129 e. The summed E-state index contributed by atoms with van der Waals surface area (Å²) in [5.74, 6) is -0.895. The lowest BCUT2D eigenvalue weighted by molar-refractivity contribution is 0.514. The van der Waals surface area contributed by atoms with E-state index >= 15 is 0 Å². The molecule has 1 aliphatic rings. The second-order valence-electron chi connectivity index (χ2n) is 4.69. The van der Waals surface area contributed by atoms with Gasteiger partial charge in [-0.3, -0.25) is 0 Å². The van der Waals surface area contributed by atoms with E-state index in [1.807, 2.05) is 6.92 Å². The highest BCUT2D eigenvalue weighted by atomic mass is 19.1. The van der Waals surface area contributed by atoms with Crippen LogP contribution in [0.25, 0.3) is 0 Å². The normalized spacial score (nSPS) is 16.7. The van der Waals surface area contributed by atoms with Gasteiger partial charge in [-0.15, -0.1) is 0 Å².